The van der Waals surface area contributed by atoms with Gasteiger partial charge < -0.3 is 15.0 Å². The van der Waals surface area contributed by atoms with Crippen LogP contribution in [0.25, 0.3) is 0 Å². The summed E-state index contributed by atoms with van der Waals surface area (Å²) in [6.07, 6.45) is 0.841. The highest BCUT2D eigenvalue weighted by atomic mass is 79.9. The topological polar surface area (TPSA) is 75.7 Å². The van der Waals surface area contributed by atoms with Crippen LogP contribution in [0, 0.1) is 19.8 Å². The molecule has 158 valence electrons. The average Bonchev–Trinajstić information content (AvgIpc) is 3.08. The first kappa shape index (κ1) is 22.0. The van der Waals surface area contributed by atoms with E-state index in [2.05, 4.69) is 21.2 Å². The van der Waals surface area contributed by atoms with E-state index in [0.717, 1.165) is 33.3 Å². The van der Waals surface area contributed by atoms with Gasteiger partial charge in [-0.15, -0.1) is 0 Å². The van der Waals surface area contributed by atoms with Gasteiger partial charge in [-0.1, -0.05) is 28.9 Å². The molecule has 7 heteroatoms. The van der Waals surface area contributed by atoms with Crippen molar-refractivity contribution in [2.24, 2.45) is 5.92 Å². The first-order chi connectivity index (χ1) is 14.3. The number of esters is 1. The van der Waals surface area contributed by atoms with Gasteiger partial charge in [-0.2, -0.15) is 0 Å². The number of hydrogen-bond acceptors (Lipinski definition) is 4. The summed E-state index contributed by atoms with van der Waals surface area (Å²) in [6, 6.07) is 11.5. The minimum absolute atomic E-state index is 0.0835. The van der Waals surface area contributed by atoms with Crippen molar-refractivity contribution in [2.45, 2.75) is 33.6 Å². The zero-order valence-electron chi connectivity index (χ0n) is 17.3. The lowest BCUT2D eigenvalue weighted by Crippen LogP contribution is -2.28. The maximum atomic E-state index is 12.4. The number of rotatable bonds is 6. The third-order valence-corrected chi connectivity index (χ3v) is 5.54. The standard InChI is InChI=1S/C23H25BrN2O4/c1-4-16-10-18(24)5-6-20(16)25-21(27)13-30-23(29)17-11-22(28)26(12-17)19-8-14(2)7-15(3)9-19/h5-10,17H,4,11-13H2,1-3H3,(H,25,27)/t17-/m1/s1. The second-order valence-electron chi connectivity index (χ2n) is 7.56. The van der Waals surface area contributed by atoms with Crippen molar-refractivity contribution >= 4 is 45.1 Å². The molecule has 2 aromatic rings. The van der Waals surface area contributed by atoms with Crippen LogP contribution in [0.3, 0.4) is 0 Å². The Kier molecular flexibility index (Phi) is 6.92. The van der Waals surface area contributed by atoms with Crippen LogP contribution in [-0.2, 0) is 25.5 Å². The van der Waals surface area contributed by atoms with Crippen LogP contribution in [0.5, 0.6) is 0 Å². The Morgan fingerprint density at radius 1 is 1.17 bits per heavy atom. The van der Waals surface area contributed by atoms with E-state index in [4.69, 9.17) is 4.74 Å². The number of carbonyl (C=O) groups excluding carboxylic acids is 3. The Morgan fingerprint density at radius 2 is 1.87 bits per heavy atom. The molecule has 0 saturated carbocycles. The highest BCUT2D eigenvalue weighted by molar-refractivity contribution is 9.10. The van der Waals surface area contributed by atoms with Crippen molar-refractivity contribution in [1.82, 2.24) is 0 Å². The molecule has 1 N–H and O–H groups in total. The molecule has 2 amide bonds. The van der Waals surface area contributed by atoms with Gasteiger partial charge in [-0.05, 0) is 67.3 Å². The maximum Gasteiger partial charge on any atom is 0.311 e. The fraction of sp³-hybridized carbons (Fsp3) is 0.348. The Balaban J connectivity index is 1.56. The van der Waals surface area contributed by atoms with Crippen LogP contribution in [0.2, 0.25) is 0 Å². The normalized spacial score (nSPS) is 15.9. The number of anilines is 2. The van der Waals surface area contributed by atoms with E-state index >= 15 is 0 Å². The molecule has 1 saturated heterocycles. The summed E-state index contributed by atoms with van der Waals surface area (Å²) in [6.45, 7) is 5.81. The third-order valence-electron chi connectivity index (χ3n) is 5.04. The van der Waals surface area contributed by atoms with Crippen LogP contribution in [0.1, 0.15) is 30.0 Å². The second-order valence-corrected chi connectivity index (χ2v) is 8.48. The van der Waals surface area contributed by atoms with E-state index in [1.165, 1.54) is 0 Å². The zero-order valence-corrected chi connectivity index (χ0v) is 18.9. The molecule has 3 rings (SSSR count). The third kappa shape index (κ3) is 5.27. The number of amides is 2. The van der Waals surface area contributed by atoms with Crippen molar-refractivity contribution in [3.8, 4) is 0 Å². The monoisotopic (exact) mass is 472 g/mol. The number of hydrogen-bond donors (Lipinski definition) is 1. The van der Waals surface area contributed by atoms with E-state index in [0.29, 0.717) is 5.69 Å². The fourth-order valence-electron chi connectivity index (χ4n) is 3.64. The van der Waals surface area contributed by atoms with Crippen LogP contribution >= 0.6 is 15.9 Å². The highest BCUT2D eigenvalue weighted by Crippen LogP contribution is 2.27. The predicted octanol–water partition coefficient (Wildman–Crippen LogP) is 4.16. The van der Waals surface area contributed by atoms with E-state index < -0.39 is 17.8 Å². The molecule has 0 spiro atoms. The molecule has 0 radical (unpaired) electrons. The molecule has 1 fully saturated rings. The van der Waals surface area contributed by atoms with Crippen molar-refractivity contribution in [1.29, 1.82) is 0 Å². The quantitative estimate of drug-likeness (QED) is 0.640. The van der Waals surface area contributed by atoms with Gasteiger partial charge in [0, 0.05) is 28.8 Å². The molecule has 0 bridgehead atoms. The van der Waals surface area contributed by atoms with E-state index in [-0.39, 0.29) is 25.5 Å². The van der Waals surface area contributed by atoms with Crippen molar-refractivity contribution < 1.29 is 19.1 Å². The van der Waals surface area contributed by atoms with Gasteiger partial charge >= 0.3 is 5.97 Å². The molecule has 1 aliphatic heterocycles. The fourth-order valence-corrected chi connectivity index (χ4v) is 4.05. The molecular weight excluding hydrogens is 448 g/mol. The summed E-state index contributed by atoms with van der Waals surface area (Å²) in [5, 5.41) is 2.78. The number of carbonyl (C=O) groups is 3. The number of nitrogens with zero attached hydrogens (tertiary/aromatic N) is 1. The van der Waals surface area contributed by atoms with Crippen LogP contribution in [-0.4, -0.2) is 30.9 Å². The van der Waals surface area contributed by atoms with Gasteiger partial charge in [0.15, 0.2) is 6.61 Å². The lowest BCUT2D eigenvalue weighted by molar-refractivity contribution is -0.151. The van der Waals surface area contributed by atoms with Gasteiger partial charge in [-0.3, -0.25) is 14.4 Å². The summed E-state index contributed by atoms with van der Waals surface area (Å²) >= 11 is 3.41. The largest absolute Gasteiger partial charge is 0.455 e. The number of ether oxygens (including phenoxy) is 1. The van der Waals surface area contributed by atoms with Gasteiger partial charge in [0.05, 0.1) is 5.92 Å². The predicted molar refractivity (Wildman–Crippen MR) is 119 cm³/mol. The first-order valence-corrected chi connectivity index (χ1v) is 10.7. The molecular formula is C23H25BrN2O4. The molecule has 2 aromatic carbocycles. The van der Waals surface area contributed by atoms with E-state index in [1.54, 1.807) is 11.0 Å². The van der Waals surface area contributed by atoms with Crippen molar-refractivity contribution in [3.05, 3.63) is 57.6 Å². The lowest BCUT2D eigenvalue weighted by atomic mass is 10.1. The first-order valence-electron chi connectivity index (χ1n) is 9.90. The van der Waals surface area contributed by atoms with Gasteiger partial charge in [0.25, 0.3) is 5.91 Å². The van der Waals surface area contributed by atoms with Crippen LogP contribution < -0.4 is 10.2 Å². The number of aryl methyl sites for hydroxylation is 3. The number of benzene rings is 2. The SMILES string of the molecule is CCc1cc(Br)ccc1NC(=O)COC(=O)[C@@H]1CC(=O)N(c2cc(C)cc(C)c2)C1. The maximum absolute atomic E-state index is 12.4. The van der Waals surface area contributed by atoms with Crippen molar-refractivity contribution in [2.75, 3.05) is 23.4 Å². The Morgan fingerprint density at radius 3 is 2.53 bits per heavy atom. The summed E-state index contributed by atoms with van der Waals surface area (Å²) in [5.41, 5.74) is 4.57. The summed E-state index contributed by atoms with van der Waals surface area (Å²) in [7, 11) is 0. The van der Waals surface area contributed by atoms with Gasteiger partial charge in [-0.25, -0.2) is 0 Å². The smallest absolute Gasteiger partial charge is 0.311 e. The van der Waals surface area contributed by atoms with Gasteiger partial charge in [0.2, 0.25) is 5.91 Å². The number of nitrogens with one attached hydrogen (secondary N) is 1. The Hall–Kier alpha value is -2.67. The summed E-state index contributed by atoms with van der Waals surface area (Å²) in [4.78, 5) is 38.7. The molecule has 0 aliphatic carbocycles. The minimum atomic E-state index is -0.579. The lowest BCUT2D eigenvalue weighted by Gasteiger charge is -2.18. The molecule has 0 unspecified atom stereocenters. The molecule has 1 heterocycles. The Bertz CT molecular complexity index is 969. The van der Waals surface area contributed by atoms with Crippen LogP contribution in [0.4, 0.5) is 11.4 Å². The highest BCUT2D eigenvalue weighted by Gasteiger charge is 2.36. The molecule has 1 atom stereocenters. The molecule has 6 nitrogen and oxygen atoms in total. The Labute approximate surface area is 184 Å². The summed E-state index contributed by atoms with van der Waals surface area (Å²) in [5.74, 6) is -1.63. The average molecular weight is 473 g/mol. The van der Waals surface area contributed by atoms with E-state index in [9.17, 15) is 14.4 Å². The van der Waals surface area contributed by atoms with Crippen LogP contribution in [0.15, 0.2) is 40.9 Å². The van der Waals surface area contributed by atoms with Gasteiger partial charge in [0.1, 0.15) is 0 Å². The minimum Gasteiger partial charge on any atom is -0.455 e. The van der Waals surface area contributed by atoms with E-state index in [1.807, 2.05) is 51.1 Å². The molecule has 0 aromatic heterocycles. The zero-order chi connectivity index (χ0) is 21.8. The summed E-state index contributed by atoms with van der Waals surface area (Å²) < 4.78 is 6.13. The second kappa shape index (κ2) is 9.43. The number of halogens is 1. The molecule has 1 aliphatic rings. The van der Waals surface area contributed by atoms with Crippen molar-refractivity contribution in [3.63, 3.8) is 0 Å². The molecule has 30 heavy (non-hydrogen) atoms.